The lowest BCUT2D eigenvalue weighted by Gasteiger charge is -2.15. The van der Waals surface area contributed by atoms with Gasteiger partial charge in [-0.25, -0.2) is 26.0 Å². The molecule has 32 heavy (non-hydrogen) atoms. The quantitative estimate of drug-likeness (QED) is 0.502. The highest BCUT2D eigenvalue weighted by atomic mass is 32.2. The summed E-state index contributed by atoms with van der Waals surface area (Å²) in [5.41, 5.74) is 0.408. The zero-order chi connectivity index (χ0) is 23.5. The smallest absolute Gasteiger partial charge is 0.265 e. The van der Waals surface area contributed by atoms with Crippen LogP contribution in [0.15, 0.2) is 65.6 Å². The van der Waals surface area contributed by atoms with Gasteiger partial charge in [0.15, 0.2) is 29.4 Å². The summed E-state index contributed by atoms with van der Waals surface area (Å²) < 4.78 is 84.6. The fourth-order valence-corrected chi connectivity index (χ4v) is 3.60. The molecule has 1 unspecified atom stereocenters. The van der Waals surface area contributed by atoms with Crippen molar-refractivity contribution < 1.29 is 35.5 Å². The number of sulfonamides is 1. The molecular formula is C21H16F4N2O4S. The van der Waals surface area contributed by atoms with E-state index in [1.54, 1.807) is 0 Å². The Balaban J connectivity index is 1.62. The zero-order valence-electron chi connectivity index (χ0n) is 16.4. The van der Waals surface area contributed by atoms with Crippen molar-refractivity contribution in [3.63, 3.8) is 0 Å². The third kappa shape index (κ3) is 5.55. The van der Waals surface area contributed by atoms with Gasteiger partial charge >= 0.3 is 0 Å². The third-order valence-electron chi connectivity index (χ3n) is 4.18. The molecule has 0 aromatic heterocycles. The number of nitrogens with one attached hydrogen (secondary N) is 2. The van der Waals surface area contributed by atoms with Crippen LogP contribution in [0.5, 0.6) is 5.75 Å². The molecule has 0 aliphatic heterocycles. The van der Waals surface area contributed by atoms with Crippen LogP contribution in [0.1, 0.15) is 6.92 Å². The number of carbonyl (C=O) groups is 1. The number of anilines is 2. The Kier molecular flexibility index (Phi) is 6.68. The van der Waals surface area contributed by atoms with Crippen LogP contribution in [-0.2, 0) is 14.8 Å². The molecule has 1 atom stereocenters. The van der Waals surface area contributed by atoms with Crippen molar-refractivity contribution in [3.05, 3.63) is 83.9 Å². The Hall–Kier alpha value is -3.60. The van der Waals surface area contributed by atoms with Gasteiger partial charge in [0, 0.05) is 17.4 Å². The molecule has 0 heterocycles. The first-order chi connectivity index (χ1) is 15.0. The van der Waals surface area contributed by atoms with Crippen molar-refractivity contribution in [1.29, 1.82) is 0 Å². The minimum absolute atomic E-state index is 0.0338. The molecule has 3 aromatic rings. The number of hydrogen-bond donors (Lipinski definition) is 2. The van der Waals surface area contributed by atoms with Crippen LogP contribution in [0.3, 0.4) is 0 Å². The molecule has 6 nitrogen and oxygen atoms in total. The van der Waals surface area contributed by atoms with E-state index in [1.807, 2.05) is 0 Å². The van der Waals surface area contributed by atoms with E-state index in [4.69, 9.17) is 4.74 Å². The largest absolute Gasteiger partial charge is 0.481 e. The lowest BCUT2D eigenvalue weighted by molar-refractivity contribution is -0.122. The van der Waals surface area contributed by atoms with Gasteiger partial charge in [-0.2, -0.15) is 0 Å². The van der Waals surface area contributed by atoms with E-state index in [0.717, 1.165) is 18.2 Å². The first kappa shape index (κ1) is 23.1. The molecule has 0 bridgehead atoms. The average molecular weight is 468 g/mol. The number of benzene rings is 3. The maximum atomic E-state index is 13.3. The number of halogens is 4. The first-order valence-electron chi connectivity index (χ1n) is 9.05. The second kappa shape index (κ2) is 9.27. The minimum atomic E-state index is -4.16. The predicted octanol–water partition coefficient (Wildman–Crippen LogP) is 4.45. The Labute approximate surface area is 180 Å². The van der Waals surface area contributed by atoms with Crippen LogP contribution >= 0.6 is 0 Å². The van der Waals surface area contributed by atoms with Crippen LogP contribution in [0, 0.1) is 23.3 Å². The fourth-order valence-electron chi connectivity index (χ4n) is 2.53. The van der Waals surface area contributed by atoms with Gasteiger partial charge in [-0.05, 0) is 61.5 Å². The van der Waals surface area contributed by atoms with Crippen LogP contribution in [0.2, 0.25) is 0 Å². The van der Waals surface area contributed by atoms with E-state index in [9.17, 15) is 30.8 Å². The molecule has 0 aliphatic carbocycles. The predicted molar refractivity (Wildman–Crippen MR) is 109 cm³/mol. The molecule has 0 saturated carbocycles. The van der Waals surface area contributed by atoms with Crippen LogP contribution in [-0.4, -0.2) is 20.4 Å². The monoisotopic (exact) mass is 468 g/mol. The molecule has 1 amide bonds. The van der Waals surface area contributed by atoms with Crippen LogP contribution in [0.4, 0.5) is 28.9 Å². The second-order valence-electron chi connectivity index (χ2n) is 6.58. The summed E-state index contributed by atoms with van der Waals surface area (Å²) in [6.45, 7) is 1.40. The lowest BCUT2D eigenvalue weighted by Crippen LogP contribution is -2.30. The van der Waals surface area contributed by atoms with Gasteiger partial charge < -0.3 is 10.1 Å². The van der Waals surface area contributed by atoms with Crippen molar-refractivity contribution in [2.24, 2.45) is 0 Å². The van der Waals surface area contributed by atoms with Gasteiger partial charge in [0.25, 0.3) is 15.9 Å². The zero-order valence-corrected chi connectivity index (χ0v) is 17.2. The second-order valence-corrected chi connectivity index (χ2v) is 8.27. The minimum Gasteiger partial charge on any atom is -0.481 e. The summed E-state index contributed by atoms with van der Waals surface area (Å²) >= 11 is 0. The Morgan fingerprint density at radius 2 is 1.38 bits per heavy atom. The van der Waals surface area contributed by atoms with E-state index in [0.29, 0.717) is 17.8 Å². The van der Waals surface area contributed by atoms with Gasteiger partial charge in [0.2, 0.25) is 0 Å². The number of amides is 1. The molecule has 2 N–H and O–H groups in total. The van der Waals surface area contributed by atoms with Crippen molar-refractivity contribution in [3.8, 4) is 5.75 Å². The summed E-state index contributed by atoms with van der Waals surface area (Å²) in [5.74, 6) is -5.26. The van der Waals surface area contributed by atoms with Crippen molar-refractivity contribution in [2.75, 3.05) is 10.0 Å². The lowest BCUT2D eigenvalue weighted by atomic mass is 10.2. The summed E-state index contributed by atoms with van der Waals surface area (Å²) in [7, 11) is -4.16. The summed E-state index contributed by atoms with van der Waals surface area (Å²) in [5, 5.41) is 2.52. The van der Waals surface area contributed by atoms with Crippen molar-refractivity contribution in [1.82, 2.24) is 0 Å². The van der Waals surface area contributed by atoms with Gasteiger partial charge in [-0.15, -0.1) is 0 Å². The fraction of sp³-hybridized carbons (Fsp3) is 0.0952. The summed E-state index contributed by atoms with van der Waals surface area (Å²) in [4.78, 5) is 11.8. The Bertz CT molecular complexity index is 1250. The summed E-state index contributed by atoms with van der Waals surface area (Å²) in [6.07, 6.45) is -1.05. The van der Waals surface area contributed by atoms with Crippen molar-refractivity contribution >= 4 is 27.3 Å². The average Bonchev–Trinajstić information content (AvgIpc) is 2.73. The number of carbonyl (C=O) groups excluding carboxylic acids is 1. The van der Waals surface area contributed by atoms with Crippen LogP contribution in [0.25, 0.3) is 0 Å². The highest BCUT2D eigenvalue weighted by Crippen LogP contribution is 2.21. The molecule has 3 rings (SSSR count). The van der Waals surface area contributed by atoms with Crippen molar-refractivity contribution in [2.45, 2.75) is 17.9 Å². The normalized spacial score (nSPS) is 12.2. The van der Waals surface area contributed by atoms with E-state index in [1.165, 1.54) is 37.3 Å². The maximum absolute atomic E-state index is 13.3. The molecule has 11 heteroatoms. The third-order valence-corrected chi connectivity index (χ3v) is 5.56. The van der Waals surface area contributed by atoms with E-state index >= 15 is 0 Å². The Morgan fingerprint density at radius 1 is 0.812 bits per heavy atom. The molecule has 0 aliphatic rings. The first-order valence-corrected chi connectivity index (χ1v) is 10.5. The maximum Gasteiger partial charge on any atom is 0.265 e. The standard InChI is InChI=1S/C21H16F4N2O4S/c1-12(31-15-6-8-17(22)19(24)10-15)21(28)26-13-2-4-14(5-3-13)27-32(29,30)16-7-9-18(23)20(25)11-16/h2-12,27H,1H3,(H,26,28). The highest BCUT2D eigenvalue weighted by molar-refractivity contribution is 7.92. The number of hydrogen-bond acceptors (Lipinski definition) is 4. The summed E-state index contributed by atoms with van der Waals surface area (Å²) in [6, 6.07) is 10.5. The number of rotatable bonds is 7. The van der Waals surface area contributed by atoms with E-state index in [2.05, 4.69) is 10.0 Å². The number of ether oxygens (including phenoxy) is 1. The topological polar surface area (TPSA) is 84.5 Å². The molecular weight excluding hydrogens is 452 g/mol. The molecule has 3 aromatic carbocycles. The molecule has 0 saturated heterocycles. The molecule has 168 valence electrons. The van der Waals surface area contributed by atoms with E-state index in [-0.39, 0.29) is 11.4 Å². The van der Waals surface area contributed by atoms with Gasteiger partial charge in [-0.3, -0.25) is 9.52 Å². The van der Waals surface area contributed by atoms with Gasteiger partial charge in [0.05, 0.1) is 4.90 Å². The van der Waals surface area contributed by atoms with Crippen LogP contribution < -0.4 is 14.8 Å². The molecule has 0 radical (unpaired) electrons. The molecule has 0 fully saturated rings. The van der Waals surface area contributed by atoms with Gasteiger partial charge in [0.1, 0.15) is 5.75 Å². The van der Waals surface area contributed by atoms with Gasteiger partial charge in [-0.1, -0.05) is 0 Å². The van der Waals surface area contributed by atoms with E-state index < -0.39 is 50.2 Å². The highest BCUT2D eigenvalue weighted by Gasteiger charge is 2.18. The SMILES string of the molecule is CC(Oc1ccc(F)c(F)c1)C(=O)Nc1ccc(NS(=O)(=O)c2ccc(F)c(F)c2)cc1. The molecule has 0 spiro atoms. The Morgan fingerprint density at radius 3 is 1.97 bits per heavy atom.